The predicted molar refractivity (Wildman–Crippen MR) is 41.5 cm³/mol. The Morgan fingerprint density at radius 1 is 1.80 bits per heavy atom. The predicted octanol–water partition coefficient (Wildman–Crippen LogP) is -0.469. The van der Waals surface area contributed by atoms with Crippen LogP contribution in [0.1, 0.15) is 13.3 Å². The molecular weight excluding hydrogens is 128 g/mol. The first-order valence-corrected chi connectivity index (χ1v) is 3.59. The molecule has 4 nitrogen and oxygen atoms in total. The van der Waals surface area contributed by atoms with Crippen LogP contribution >= 0.6 is 0 Å². The zero-order valence-corrected chi connectivity index (χ0v) is 6.30. The van der Waals surface area contributed by atoms with Crippen molar-refractivity contribution in [1.29, 1.82) is 0 Å². The number of nitrogens with two attached hydrogens (primary N) is 1. The minimum atomic E-state index is 0.562. The number of hydrogen-bond acceptors (Lipinski definition) is 4. The van der Waals surface area contributed by atoms with Gasteiger partial charge in [-0.25, -0.2) is 4.99 Å². The zero-order valence-electron chi connectivity index (χ0n) is 6.30. The molecule has 1 aliphatic heterocycles. The first-order valence-electron chi connectivity index (χ1n) is 3.59. The van der Waals surface area contributed by atoms with Crippen molar-refractivity contribution in [3.05, 3.63) is 0 Å². The Labute approximate surface area is 61.1 Å². The van der Waals surface area contributed by atoms with Crippen LogP contribution in [0.3, 0.4) is 0 Å². The molecule has 0 saturated carbocycles. The van der Waals surface area contributed by atoms with Gasteiger partial charge in [0.15, 0.2) is 5.96 Å². The second-order valence-electron chi connectivity index (χ2n) is 2.41. The molecule has 0 bridgehead atoms. The van der Waals surface area contributed by atoms with Crippen LogP contribution in [0.4, 0.5) is 0 Å². The summed E-state index contributed by atoms with van der Waals surface area (Å²) in [6.45, 7) is 4.82. The fourth-order valence-electron chi connectivity index (χ4n) is 0.941. The Morgan fingerprint density at radius 2 is 2.60 bits per heavy atom. The van der Waals surface area contributed by atoms with Crippen molar-refractivity contribution in [3.8, 4) is 0 Å². The van der Waals surface area contributed by atoms with Crippen molar-refractivity contribution < 1.29 is 0 Å². The maximum absolute atomic E-state index is 5.41. The quantitative estimate of drug-likeness (QED) is 0.548. The average molecular weight is 142 g/mol. The highest BCUT2D eigenvalue weighted by molar-refractivity contribution is 5.78. The van der Waals surface area contributed by atoms with Gasteiger partial charge in [-0.3, -0.25) is 4.90 Å². The van der Waals surface area contributed by atoms with Crippen LogP contribution < -0.4 is 11.1 Å². The van der Waals surface area contributed by atoms with Gasteiger partial charge in [-0.05, 0) is 6.42 Å². The lowest BCUT2D eigenvalue weighted by molar-refractivity contribution is 0.265. The Morgan fingerprint density at radius 3 is 3.10 bits per heavy atom. The highest BCUT2D eigenvalue weighted by atomic mass is 15.3. The molecule has 4 heteroatoms. The van der Waals surface area contributed by atoms with E-state index in [2.05, 4.69) is 22.1 Å². The second kappa shape index (κ2) is 3.41. The third kappa shape index (κ3) is 1.88. The lowest BCUT2D eigenvalue weighted by Gasteiger charge is -2.24. The molecule has 0 spiro atoms. The van der Waals surface area contributed by atoms with Crippen LogP contribution in [0.2, 0.25) is 0 Å². The van der Waals surface area contributed by atoms with E-state index < -0.39 is 0 Å². The maximum Gasteiger partial charge on any atom is 0.190 e. The molecule has 0 aromatic heterocycles. The van der Waals surface area contributed by atoms with Gasteiger partial charge in [-0.2, -0.15) is 0 Å². The van der Waals surface area contributed by atoms with Gasteiger partial charge >= 0.3 is 0 Å². The molecule has 0 fully saturated rings. The van der Waals surface area contributed by atoms with E-state index in [9.17, 15) is 0 Å². The summed E-state index contributed by atoms with van der Waals surface area (Å²) >= 11 is 0. The molecule has 1 rings (SSSR count). The second-order valence-corrected chi connectivity index (χ2v) is 2.41. The normalized spacial score (nSPS) is 19.9. The van der Waals surface area contributed by atoms with Gasteiger partial charge in [0.05, 0.1) is 13.3 Å². The Bertz CT molecular complexity index is 132. The maximum atomic E-state index is 5.41. The standard InChI is InChI=1S/C6H14N4/c1-2-3-10-4-8-6(7)9-5-10/h2-5H2,1H3,(H3,7,8,9). The fourth-order valence-corrected chi connectivity index (χ4v) is 0.941. The molecule has 0 amide bonds. The number of rotatable bonds is 2. The van der Waals surface area contributed by atoms with Gasteiger partial charge in [0.1, 0.15) is 0 Å². The number of aliphatic imine (C=N–C) groups is 1. The zero-order chi connectivity index (χ0) is 7.40. The van der Waals surface area contributed by atoms with E-state index in [1.54, 1.807) is 0 Å². The molecule has 0 aromatic carbocycles. The lowest BCUT2D eigenvalue weighted by atomic mass is 10.4. The fraction of sp³-hybridized carbons (Fsp3) is 0.833. The third-order valence-corrected chi connectivity index (χ3v) is 1.46. The van der Waals surface area contributed by atoms with Crippen LogP contribution in [-0.2, 0) is 0 Å². The van der Waals surface area contributed by atoms with Crippen LogP contribution in [0.15, 0.2) is 4.99 Å². The summed E-state index contributed by atoms with van der Waals surface area (Å²) < 4.78 is 0. The number of guanidine groups is 1. The minimum absolute atomic E-state index is 0.562. The number of nitrogens with zero attached hydrogens (tertiary/aromatic N) is 2. The Hall–Kier alpha value is -0.770. The Balaban J connectivity index is 2.27. The van der Waals surface area contributed by atoms with E-state index in [0.29, 0.717) is 5.96 Å². The molecule has 10 heavy (non-hydrogen) atoms. The molecule has 0 atom stereocenters. The van der Waals surface area contributed by atoms with E-state index in [-0.39, 0.29) is 0 Å². The summed E-state index contributed by atoms with van der Waals surface area (Å²) in [5.74, 6) is 0.562. The topological polar surface area (TPSA) is 53.6 Å². The summed E-state index contributed by atoms with van der Waals surface area (Å²) in [6, 6.07) is 0. The van der Waals surface area contributed by atoms with Gasteiger partial charge in [0, 0.05) is 6.54 Å². The van der Waals surface area contributed by atoms with Crippen LogP contribution in [0, 0.1) is 0 Å². The number of nitrogens with one attached hydrogen (secondary N) is 1. The van der Waals surface area contributed by atoms with Crippen molar-refractivity contribution >= 4 is 5.96 Å². The van der Waals surface area contributed by atoms with Crippen LogP contribution in [0.25, 0.3) is 0 Å². The summed E-state index contributed by atoms with van der Waals surface area (Å²) in [4.78, 5) is 6.24. The molecule has 0 aliphatic carbocycles. The van der Waals surface area contributed by atoms with Crippen molar-refractivity contribution in [2.75, 3.05) is 19.9 Å². The average Bonchev–Trinajstić information content (AvgIpc) is 1.95. The SMILES string of the molecule is CCCN1CN=C(N)NC1. The molecule has 1 heterocycles. The van der Waals surface area contributed by atoms with Crippen molar-refractivity contribution in [1.82, 2.24) is 10.2 Å². The van der Waals surface area contributed by atoms with E-state index in [1.807, 2.05) is 0 Å². The lowest BCUT2D eigenvalue weighted by Crippen LogP contribution is -2.46. The van der Waals surface area contributed by atoms with Crippen LogP contribution in [-0.4, -0.2) is 30.7 Å². The van der Waals surface area contributed by atoms with Gasteiger partial charge in [-0.1, -0.05) is 6.92 Å². The first kappa shape index (κ1) is 7.34. The molecule has 3 N–H and O–H groups in total. The molecule has 1 aliphatic rings. The molecule has 58 valence electrons. The molecule has 0 saturated heterocycles. The van der Waals surface area contributed by atoms with Gasteiger partial charge in [-0.15, -0.1) is 0 Å². The van der Waals surface area contributed by atoms with E-state index >= 15 is 0 Å². The summed E-state index contributed by atoms with van der Waals surface area (Å²) in [5, 5.41) is 2.97. The monoisotopic (exact) mass is 142 g/mol. The molecule has 0 unspecified atom stereocenters. The van der Waals surface area contributed by atoms with Crippen molar-refractivity contribution in [3.63, 3.8) is 0 Å². The van der Waals surface area contributed by atoms with Crippen LogP contribution in [0.5, 0.6) is 0 Å². The van der Waals surface area contributed by atoms with E-state index in [1.165, 1.54) is 0 Å². The largest absolute Gasteiger partial charge is 0.370 e. The third-order valence-electron chi connectivity index (χ3n) is 1.46. The molecule has 0 aromatic rings. The van der Waals surface area contributed by atoms with Crippen molar-refractivity contribution in [2.24, 2.45) is 10.7 Å². The van der Waals surface area contributed by atoms with Gasteiger partial charge in [0.25, 0.3) is 0 Å². The van der Waals surface area contributed by atoms with Gasteiger partial charge in [0.2, 0.25) is 0 Å². The minimum Gasteiger partial charge on any atom is -0.370 e. The summed E-state index contributed by atoms with van der Waals surface area (Å²) in [6.07, 6.45) is 1.16. The summed E-state index contributed by atoms with van der Waals surface area (Å²) in [5.41, 5.74) is 5.41. The molecular formula is C6H14N4. The Kier molecular flexibility index (Phi) is 2.50. The van der Waals surface area contributed by atoms with Crippen molar-refractivity contribution in [2.45, 2.75) is 13.3 Å². The highest BCUT2D eigenvalue weighted by Gasteiger charge is 2.06. The first-order chi connectivity index (χ1) is 4.83. The van der Waals surface area contributed by atoms with Gasteiger partial charge < -0.3 is 11.1 Å². The van der Waals surface area contributed by atoms with E-state index in [0.717, 1.165) is 26.3 Å². The smallest absolute Gasteiger partial charge is 0.190 e. The molecule has 0 radical (unpaired) electrons. The highest BCUT2D eigenvalue weighted by Crippen LogP contribution is 1.92. The summed E-state index contributed by atoms with van der Waals surface area (Å²) in [7, 11) is 0. The number of hydrogen-bond donors (Lipinski definition) is 2. The van der Waals surface area contributed by atoms with E-state index in [4.69, 9.17) is 5.73 Å².